The Morgan fingerprint density at radius 2 is 1.40 bits per heavy atom. The molecule has 0 saturated carbocycles. The molecule has 1 fully saturated rings. The standard InChI is InChI=1S/C41H32N2O5/c1-47-30-23-20-27(21-24-30)37(44)36-35(39(45)48-38(28-13-4-2-5-14-28)29-15-6-3-7-16-29)41(31-17-9-10-18-32(31)42-40(41)46)34-25-22-26-12-8-11-19-33(26)43(34)36/h2-25,34-36,38H,1H3,(H,42,46)/t34-,35+,36+,41-/m1/s1. The summed E-state index contributed by atoms with van der Waals surface area (Å²) in [7, 11) is 1.57. The predicted molar refractivity (Wildman–Crippen MR) is 184 cm³/mol. The van der Waals surface area contributed by atoms with E-state index in [2.05, 4.69) is 5.32 Å². The highest BCUT2D eigenvalue weighted by molar-refractivity contribution is 6.15. The van der Waals surface area contributed by atoms with E-state index in [0.717, 1.165) is 22.4 Å². The highest BCUT2D eigenvalue weighted by atomic mass is 16.5. The van der Waals surface area contributed by atoms with Gasteiger partial charge in [-0.3, -0.25) is 14.4 Å². The first-order chi connectivity index (χ1) is 23.5. The van der Waals surface area contributed by atoms with Gasteiger partial charge in [0.15, 0.2) is 11.9 Å². The van der Waals surface area contributed by atoms with Gasteiger partial charge in [-0.25, -0.2) is 0 Å². The van der Waals surface area contributed by atoms with Crippen LogP contribution in [0.1, 0.15) is 38.7 Å². The molecule has 3 heterocycles. The molecule has 5 aromatic carbocycles. The topological polar surface area (TPSA) is 84.9 Å². The van der Waals surface area contributed by atoms with E-state index in [1.165, 1.54) is 0 Å². The number of esters is 1. The van der Waals surface area contributed by atoms with Crippen LogP contribution in [0.3, 0.4) is 0 Å². The van der Waals surface area contributed by atoms with Crippen LogP contribution in [0.5, 0.6) is 5.75 Å². The molecule has 3 aliphatic heterocycles. The summed E-state index contributed by atoms with van der Waals surface area (Å²) in [6, 6.07) is 39.4. The second-order valence-corrected chi connectivity index (χ2v) is 12.3. The molecule has 4 atom stereocenters. The fraction of sp³-hybridized carbons (Fsp3) is 0.146. The molecule has 7 nitrogen and oxygen atoms in total. The number of Topliss-reactive ketones (excluding diaryl/α,β-unsaturated/α-hetero) is 1. The van der Waals surface area contributed by atoms with Gasteiger partial charge in [-0.2, -0.15) is 0 Å². The third-order valence-corrected chi connectivity index (χ3v) is 9.88. The van der Waals surface area contributed by atoms with E-state index in [-0.39, 0.29) is 11.7 Å². The van der Waals surface area contributed by atoms with Crippen molar-refractivity contribution in [3.8, 4) is 5.75 Å². The molecule has 1 amide bonds. The lowest BCUT2D eigenvalue weighted by atomic mass is 9.66. The summed E-state index contributed by atoms with van der Waals surface area (Å²) in [5, 5.41) is 3.07. The molecule has 0 radical (unpaired) electrons. The minimum atomic E-state index is -1.47. The highest BCUT2D eigenvalue weighted by Crippen LogP contribution is 2.58. The Morgan fingerprint density at radius 3 is 2.08 bits per heavy atom. The van der Waals surface area contributed by atoms with Crippen LogP contribution >= 0.6 is 0 Å². The number of methoxy groups -OCH3 is 1. The zero-order chi connectivity index (χ0) is 32.8. The number of hydrogen-bond acceptors (Lipinski definition) is 6. The van der Waals surface area contributed by atoms with Crippen LogP contribution in [0, 0.1) is 5.92 Å². The number of fused-ring (bicyclic) bond motifs is 6. The van der Waals surface area contributed by atoms with Gasteiger partial charge in [0.1, 0.15) is 23.1 Å². The van der Waals surface area contributed by atoms with Crippen molar-refractivity contribution in [3.05, 3.63) is 167 Å². The van der Waals surface area contributed by atoms with Gasteiger partial charge in [-0.1, -0.05) is 109 Å². The Bertz CT molecular complexity index is 2020. The summed E-state index contributed by atoms with van der Waals surface area (Å²) in [5.41, 5.74) is 3.43. The molecule has 3 aliphatic rings. The van der Waals surface area contributed by atoms with Crippen molar-refractivity contribution in [2.24, 2.45) is 5.92 Å². The summed E-state index contributed by atoms with van der Waals surface area (Å²) in [6.07, 6.45) is 3.16. The second-order valence-electron chi connectivity index (χ2n) is 12.3. The fourth-order valence-corrected chi connectivity index (χ4v) is 7.78. The van der Waals surface area contributed by atoms with Crippen molar-refractivity contribution in [2.45, 2.75) is 23.6 Å². The molecule has 48 heavy (non-hydrogen) atoms. The number of rotatable bonds is 7. The molecular formula is C41H32N2O5. The number of carbonyl (C=O) groups excluding carboxylic acids is 3. The summed E-state index contributed by atoms with van der Waals surface area (Å²) in [6.45, 7) is 0. The van der Waals surface area contributed by atoms with Crippen LogP contribution in [-0.2, 0) is 19.7 Å². The first-order valence-electron chi connectivity index (χ1n) is 16.0. The minimum absolute atomic E-state index is 0.292. The Kier molecular flexibility index (Phi) is 7.17. The SMILES string of the molecule is COc1ccc(C(=O)[C@@H]2[C@@H](C(=O)OC(c3ccccc3)c3ccccc3)[C@]3(C(=O)Nc4ccccc43)[C@H]3C=Cc4ccccc4N23)cc1. The van der Waals surface area contributed by atoms with Gasteiger partial charge in [-0.15, -0.1) is 0 Å². The van der Waals surface area contributed by atoms with Gasteiger partial charge in [0, 0.05) is 16.9 Å². The van der Waals surface area contributed by atoms with E-state index < -0.39 is 35.5 Å². The average Bonchev–Trinajstić information content (AvgIpc) is 3.63. The van der Waals surface area contributed by atoms with Crippen LogP contribution < -0.4 is 15.0 Å². The predicted octanol–water partition coefficient (Wildman–Crippen LogP) is 7.00. The Hall–Kier alpha value is -5.95. The van der Waals surface area contributed by atoms with Crippen molar-refractivity contribution in [3.63, 3.8) is 0 Å². The molecule has 0 unspecified atom stereocenters. The van der Waals surface area contributed by atoms with Gasteiger partial charge in [0.25, 0.3) is 0 Å². The number of ketones is 1. The van der Waals surface area contributed by atoms with Gasteiger partial charge in [-0.05, 0) is 58.7 Å². The number of amides is 1. The van der Waals surface area contributed by atoms with E-state index in [0.29, 0.717) is 22.6 Å². The van der Waals surface area contributed by atoms with Gasteiger partial charge < -0.3 is 19.7 Å². The summed E-state index contributed by atoms with van der Waals surface area (Å²) < 4.78 is 11.9. The van der Waals surface area contributed by atoms with Crippen molar-refractivity contribution in [1.82, 2.24) is 0 Å². The van der Waals surface area contributed by atoms with Crippen LogP contribution in [0.25, 0.3) is 6.08 Å². The fourth-order valence-electron chi connectivity index (χ4n) is 7.78. The van der Waals surface area contributed by atoms with E-state index >= 15 is 4.79 Å². The molecule has 7 heteroatoms. The number of para-hydroxylation sites is 2. The number of ether oxygens (including phenoxy) is 2. The highest BCUT2D eigenvalue weighted by Gasteiger charge is 2.71. The quantitative estimate of drug-likeness (QED) is 0.154. The van der Waals surface area contributed by atoms with E-state index in [4.69, 9.17) is 9.47 Å². The lowest BCUT2D eigenvalue weighted by Gasteiger charge is -2.37. The normalized spacial score (nSPS) is 21.8. The Morgan fingerprint density at radius 1 is 0.771 bits per heavy atom. The van der Waals surface area contributed by atoms with Crippen molar-refractivity contribution in [2.75, 3.05) is 17.3 Å². The molecule has 1 saturated heterocycles. The summed E-state index contributed by atoms with van der Waals surface area (Å²) >= 11 is 0. The second kappa shape index (κ2) is 11.7. The maximum atomic E-state index is 15.2. The minimum Gasteiger partial charge on any atom is -0.497 e. The maximum Gasteiger partial charge on any atom is 0.314 e. The largest absolute Gasteiger partial charge is 0.497 e. The zero-order valence-corrected chi connectivity index (χ0v) is 26.2. The molecule has 8 rings (SSSR count). The van der Waals surface area contributed by atoms with Crippen molar-refractivity contribution >= 4 is 35.1 Å². The van der Waals surface area contributed by atoms with Gasteiger partial charge >= 0.3 is 5.97 Å². The van der Waals surface area contributed by atoms with E-state index in [1.807, 2.05) is 126 Å². The first kappa shape index (κ1) is 29.5. The summed E-state index contributed by atoms with van der Waals surface area (Å²) in [5.74, 6) is -1.88. The number of benzene rings is 5. The van der Waals surface area contributed by atoms with Gasteiger partial charge in [0.2, 0.25) is 5.91 Å². The molecule has 5 aromatic rings. The van der Waals surface area contributed by atoms with Crippen LogP contribution in [0.15, 0.2) is 140 Å². The average molecular weight is 633 g/mol. The smallest absolute Gasteiger partial charge is 0.314 e. The molecule has 1 spiro atoms. The molecule has 0 aliphatic carbocycles. The van der Waals surface area contributed by atoms with Crippen LogP contribution in [-0.4, -0.2) is 36.9 Å². The zero-order valence-electron chi connectivity index (χ0n) is 26.2. The van der Waals surface area contributed by atoms with Gasteiger partial charge in [0.05, 0.1) is 13.2 Å². The third-order valence-electron chi connectivity index (χ3n) is 9.88. The number of anilines is 2. The molecule has 0 bridgehead atoms. The Labute approximate surface area is 278 Å². The number of nitrogens with one attached hydrogen (secondary N) is 1. The maximum absolute atomic E-state index is 15.2. The van der Waals surface area contributed by atoms with Crippen molar-refractivity contribution < 1.29 is 23.9 Å². The number of carbonyl (C=O) groups is 3. The number of nitrogens with zero attached hydrogens (tertiary/aromatic N) is 1. The van der Waals surface area contributed by atoms with Crippen LogP contribution in [0.2, 0.25) is 0 Å². The molecule has 236 valence electrons. The first-order valence-corrected chi connectivity index (χ1v) is 16.0. The lowest BCUT2D eigenvalue weighted by Crippen LogP contribution is -2.51. The molecule has 1 N–H and O–H groups in total. The lowest BCUT2D eigenvalue weighted by molar-refractivity contribution is -0.156. The Balaban J connectivity index is 1.35. The molecular weight excluding hydrogens is 600 g/mol. The third kappa shape index (κ3) is 4.46. The van der Waals surface area contributed by atoms with E-state index in [1.54, 1.807) is 31.4 Å². The monoisotopic (exact) mass is 632 g/mol. The van der Waals surface area contributed by atoms with E-state index in [9.17, 15) is 9.59 Å². The summed E-state index contributed by atoms with van der Waals surface area (Å²) in [4.78, 5) is 46.8. The molecule has 0 aromatic heterocycles. The number of hydrogen-bond donors (Lipinski definition) is 1. The van der Waals surface area contributed by atoms with Crippen LogP contribution in [0.4, 0.5) is 11.4 Å². The van der Waals surface area contributed by atoms with Crippen molar-refractivity contribution in [1.29, 1.82) is 0 Å².